The summed E-state index contributed by atoms with van der Waals surface area (Å²) >= 11 is 3.49. The molecular weight excluding hydrogens is 320 g/mol. The molecule has 1 aromatic heterocycles. The first kappa shape index (κ1) is 14.6. The third-order valence-corrected chi connectivity index (χ3v) is 3.26. The predicted octanol–water partition coefficient (Wildman–Crippen LogP) is 3.66. The maximum atomic E-state index is 6.04. The molecule has 0 amide bonds. The molecule has 5 nitrogen and oxygen atoms in total. The Kier molecular flexibility index (Phi) is 4.44. The number of aryl methyl sites for hydroxylation is 1. The number of hydrogen-bond acceptors (Lipinski definition) is 5. The normalized spacial score (nSPS) is 10.7. The fraction of sp³-hybridized carbons (Fsp3) is 0.286. The van der Waals surface area contributed by atoms with Crippen LogP contribution in [0.5, 0.6) is 5.88 Å². The van der Waals surface area contributed by atoms with Gasteiger partial charge in [0, 0.05) is 4.47 Å². The van der Waals surface area contributed by atoms with Crippen molar-refractivity contribution in [3.8, 4) is 5.88 Å². The van der Waals surface area contributed by atoms with Crippen LogP contribution in [0.3, 0.4) is 0 Å². The number of benzene rings is 1. The molecule has 2 aromatic rings. The maximum Gasteiger partial charge on any atom is 0.242 e. The molecule has 0 radical (unpaired) electrons. The molecule has 0 aliphatic carbocycles. The Labute approximate surface area is 126 Å². The standard InChI is InChI=1S/C14H17BrN4O/c1-8(2)20-14-12(16)13(17-7-18-14)19-11-6-9(3)4-5-10(11)15/h4-8H,16H2,1-3H3,(H,17,18,19). The van der Waals surface area contributed by atoms with Crippen molar-refractivity contribution in [3.05, 3.63) is 34.6 Å². The average molecular weight is 337 g/mol. The van der Waals surface area contributed by atoms with E-state index >= 15 is 0 Å². The van der Waals surface area contributed by atoms with Gasteiger partial charge in [0.15, 0.2) is 5.82 Å². The fourth-order valence-electron chi connectivity index (χ4n) is 1.66. The number of rotatable bonds is 4. The number of ether oxygens (including phenoxy) is 1. The molecule has 2 rings (SSSR count). The summed E-state index contributed by atoms with van der Waals surface area (Å²) in [6, 6.07) is 6.00. The Balaban J connectivity index is 2.32. The Hall–Kier alpha value is -1.82. The van der Waals surface area contributed by atoms with Gasteiger partial charge in [-0.15, -0.1) is 0 Å². The second kappa shape index (κ2) is 6.09. The molecule has 0 spiro atoms. The summed E-state index contributed by atoms with van der Waals surface area (Å²) in [4.78, 5) is 8.21. The van der Waals surface area contributed by atoms with E-state index in [9.17, 15) is 0 Å². The lowest BCUT2D eigenvalue weighted by molar-refractivity contribution is 0.234. The SMILES string of the molecule is Cc1ccc(Br)c(Nc2ncnc(OC(C)C)c2N)c1. The van der Waals surface area contributed by atoms with Crippen LogP contribution in [0.4, 0.5) is 17.2 Å². The molecule has 20 heavy (non-hydrogen) atoms. The monoisotopic (exact) mass is 336 g/mol. The molecule has 0 atom stereocenters. The van der Waals surface area contributed by atoms with Crippen molar-refractivity contribution in [1.82, 2.24) is 9.97 Å². The lowest BCUT2D eigenvalue weighted by Crippen LogP contribution is -2.11. The molecule has 0 saturated carbocycles. The zero-order chi connectivity index (χ0) is 14.7. The van der Waals surface area contributed by atoms with Crippen LogP contribution in [0.2, 0.25) is 0 Å². The van der Waals surface area contributed by atoms with Crippen LogP contribution < -0.4 is 15.8 Å². The third-order valence-electron chi connectivity index (χ3n) is 2.57. The van der Waals surface area contributed by atoms with Crippen molar-refractivity contribution >= 4 is 33.1 Å². The van der Waals surface area contributed by atoms with Crippen LogP contribution in [0.15, 0.2) is 29.0 Å². The van der Waals surface area contributed by atoms with E-state index in [-0.39, 0.29) is 6.10 Å². The topological polar surface area (TPSA) is 73.1 Å². The van der Waals surface area contributed by atoms with Crippen molar-refractivity contribution < 1.29 is 4.74 Å². The molecule has 0 bridgehead atoms. The minimum atomic E-state index is 0.00533. The van der Waals surface area contributed by atoms with Crippen molar-refractivity contribution in [2.75, 3.05) is 11.1 Å². The summed E-state index contributed by atoms with van der Waals surface area (Å²) in [6.45, 7) is 5.87. The van der Waals surface area contributed by atoms with Gasteiger partial charge in [-0.2, -0.15) is 4.98 Å². The minimum absolute atomic E-state index is 0.00533. The van der Waals surface area contributed by atoms with Gasteiger partial charge in [-0.1, -0.05) is 6.07 Å². The number of nitrogen functional groups attached to an aromatic ring is 1. The number of nitrogens with one attached hydrogen (secondary N) is 1. The van der Waals surface area contributed by atoms with E-state index in [0.717, 1.165) is 15.7 Å². The second-order valence-corrected chi connectivity index (χ2v) is 5.57. The van der Waals surface area contributed by atoms with Crippen LogP contribution in [0.25, 0.3) is 0 Å². The number of nitrogens with zero attached hydrogens (tertiary/aromatic N) is 2. The number of aromatic nitrogens is 2. The summed E-state index contributed by atoms with van der Waals surface area (Å²) in [5.41, 5.74) is 8.47. The van der Waals surface area contributed by atoms with Crippen LogP contribution in [-0.2, 0) is 0 Å². The molecule has 0 unspecified atom stereocenters. The van der Waals surface area contributed by atoms with Crippen LogP contribution in [-0.4, -0.2) is 16.1 Å². The highest BCUT2D eigenvalue weighted by Crippen LogP contribution is 2.31. The highest BCUT2D eigenvalue weighted by molar-refractivity contribution is 9.10. The summed E-state index contributed by atoms with van der Waals surface area (Å²) in [6.07, 6.45) is 1.44. The number of halogens is 1. The largest absolute Gasteiger partial charge is 0.473 e. The first-order valence-electron chi connectivity index (χ1n) is 6.27. The Bertz CT molecular complexity index is 616. The molecule has 3 N–H and O–H groups in total. The van der Waals surface area contributed by atoms with E-state index in [2.05, 4.69) is 31.2 Å². The predicted molar refractivity (Wildman–Crippen MR) is 84.4 cm³/mol. The van der Waals surface area contributed by atoms with Gasteiger partial charge >= 0.3 is 0 Å². The van der Waals surface area contributed by atoms with E-state index in [0.29, 0.717) is 17.4 Å². The zero-order valence-corrected chi connectivity index (χ0v) is 13.2. The molecule has 6 heteroatoms. The van der Waals surface area contributed by atoms with Crippen LogP contribution >= 0.6 is 15.9 Å². The number of anilines is 3. The van der Waals surface area contributed by atoms with E-state index < -0.39 is 0 Å². The van der Waals surface area contributed by atoms with E-state index in [4.69, 9.17) is 10.5 Å². The Morgan fingerprint density at radius 3 is 2.75 bits per heavy atom. The molecule has 0 fully saturated rings. The summed E-state index contributed by atoms with van der Waals surface area (Å²) in [7, 11) is 0. The smallest absolute Gasteiger partial charge is 0.242 e. The van der Waals surface area contributed by atoms with Gasteiger partial charge in [0.1, 0.15) is 12.0 Å². The van der Waals surface area contributed by atoms with Crippen LogP contribution in [0, 0.1) is 6.92 Å². The highest BCUT2D eigenvalue weighted by atomic mass is 79.9. The van der Waals surface area contributed by atoms with Crippen molar-refractivity contribution in [1.29, 1.82) is 0 Å². The summed E-state index contributed by atoms with van der Waals surface area (Å²) < 4.78 is 6.49. The van der Waals surface area contributed by atoms with Crippen molar-refractivity contribution in [2.45, 2.75) is 26.9 Å². The van der Waals surface area contributed by atoms with E-state index in [1.807, 2.05) is 39.0 Å². The van der Waals surface area contributed by atoms with E-state index in [1.54, 1.807) is 0 Å². The molecule has 1 aromatic carbocycles. The Morgan fingerprint density at radius 2 is 2.05 bits per heavy atom. The lowest BCUT2D eigenvalue weighted by atomic mass is 10.2. The van der Waals surface area contributed by atoms with Gasteiger partial charge < -0.3 is 15.8 Å². The highest BCUT2D eigenvalue weighted by Gasteiger charge is 2.12. The first-order chi connectivity index (χ1) is 9.47. The van der Waals surface area contributed by atoms with Crippen molar-refractivity contribution in [2.24, 2.45) is 0 Å². The molecule has 106 valence electrons. The second-order valence-electron chi connectivity index (χ2n) is 4.72. The van der Waals surface area contributed by atoms with Crippen molar-refractivity contribution in [3.63, 3.8) is 0 Å². The number of nitrogens with two attached hydrogens (primary N) is 1. The summed E-state index contributed by atoms with van der Waals surface area (Å²) in [5.74, 6) is 0.920. The van der Waals surface area contributed by atoms with Gasteiger partial charge in [-0.05, 0) is 54.4 Å². The molecule has 0 saturated heterocycles. The van der Waals surface area contributed by atoms with Gasteiger partial charge in [-0.25, -0.2) is 4.98 Å². The molecule has 0 aliphatic rings. The molecule has 0 aliphatic heterocycles. The summed E-state index contributed by atoms with van der Waals surface area (Å²) in [5, 5.41) is 3.19. The van der Waals surface area contributed by atoms with Gasteiger partial charge in [0.05, 0.1) is 11.8 Å². The van der Waals surface area contributed by atoms with Gasteiger partial charge in [0.25, 0.3) is 0 Å². The lowest BCUT2D eigenvalue weighted by Gasteiger charge is -2.14. The quantitative estimate of drug-likeness (QED) is 0.891. The van der Waals surface area contributed by atoms with Crippen LogP contribution in [0.1, 0.15) is 19.4 Å². The molecule has 1 heterocycles. The number of hydrogen-bond donors (Lipinski definition) is 2. The average Bonchev–Trinajstić information content (AvgIpc) is 2.38. The minimum Gasteiger partial charge on any atom is -0.473 e. The maximum absolute atomic E-state index is 6.04. The first-order valence-corrected chi connectivity index (χ1v) is 7.07. The fourth-order valence-corrected chi connectivity index (χ4v) is 2.00. The van der Waals surface area contributed by atoms with Gasteiger partial charge in [-0.3, -0.25) is 0 Å². The van der Waals surface area contributed by atoms with E-state index in [1.165, 1.54) is 6.33 Å². The molecular formula is C14H17BrN4O. The van der Waals surface area contributed by atoms with Gasteiger partial charge in [0.2, 0.25) is 5.88 Å². The Morgan fingerprint density at radius 1 is 1.30 bits per heavy atom. The third kappa shape index (κ3) is 3.39. The zero-order valence-electron chi connectivity index (χ0n) is 11.6.